The summed E-state index contributed by atoms with van der Waals surface area (Å²) < 4.78 is 12.1. The zero-order chi connectivity index (χ0) is 17.5. The fourth-order valence-corrected chi connectivity index (χ4v) is 2.95. The molecule has 3 rings (SSSR count). The third-order valence-electron chi connectivity index (χ3n) is 5.47. The monoisotopic (exact) mass is 336 g/mol. The van der Waals surface area contributed by atoms with Crippen LogP contribution in [-0.2, 0) is 9.31 Å². The van der Waals surface area contributed by atoms with Crippen LogP contribution >= 0.6 is 0 Å². The molecule has 2 heterocycles. The Morgan fingerprint density at radius 3 is 1.96 bits per heavy atom. The van der Waals surface area contributed by atoms with E-state index >= 15 is 0 Å². The molecule has 0 aliphatic carbocycles. The molecule has 0 N–H and O–H groups in total. The maximum absolute atomic E-state index is 12.6. The van der Waals surface area contributed by atoms with Crippen LogP contribution in [-0.4, -0.2) is 67.3 Å². The Kier molecular flexibility index (Phi) is 4.49. The van der Waals surface area contributed by atoms with Crippen LogP contribution in [0.25, 0.3) is 0 Å². The van der Waals surface area contributed by atoms with Crippen molar-refractivity contribution in [2.75, 3.05) is 33.2 Å². The second-order valence-corrected chi connectivity index (χ2v) is 7.81. The average molecular weight is 336 g/mol. The SMILES string of the molecule is CN1CCN(C(=O)c2ccc(B3O[13C]([13CH3])([13CH3])[13C]([13CH3])([13CH3])O3)cc2)CC1. The molecule has 130 valence electrons. The summed E-state index contributed by atoms with van der Waals surface area (Å²) in [6, 6.07) is 7.62. The first-order valence-corrected chi connectivity index (χ1v) is 8.63. The van der Waals surface area contributed by atoms with Crippen molar-refractivity contribution in [2.45, 2.75) is 38.9 Å². The van der Waals surface area contributed by atoms with Gasteiger partial charge in [0.25, 0.3) is 5.91 Å². The van der Waals surface area contributed by atoms with Gasteiger partial charge in [0.05, 0.1) is 11.2 Å². The normalized spacial score (nSPS) is 23.5. The lowest BCUT2D eigenvalue weighted by molar-refractivity contribution is 0.00578. The summed E-state index contributed by atoms with van der Waals surface area (Å²) in [6.45, 7) is 11.6. The van der Waals surface area contributed by atoms with Gasteiger partial charge in [-0.3, -0.25) is 4.79 Å². The van der Waals surface area contributed by atoms with Gasteiger partial charge < -0.3 is 19.1 Å². The van der Waals surface area contributed by atoms with E-state index in [4.69, 9.17) is 9.31 Å². The molecule has 1 aromatic carbocycles. The lowest BCUT2D eigenvalue weighted by Gasteiger charge is -2.32. The summed E-state index contributed by atoms with van der Waals surface area (Å²) in [7, 11) is 1.70. The molecule has 0 saturated carbocycles. The molecule has 0 unspecified atom stereocenters. The summed E-state index contributed by atoms with van der Waals surface area (Å²) in [6.07, 6.45) is 0. The van der Waals surface area contributed by atoms with Gasteiger partial charge in [-0.25, -0.2) is 0 Å². The number of hydrogen-bond acceptors (Lipinski definition) is 4. The Balaban J connectivity index is 1.69. The van der Waals surface area contributed by atoms with Gasteiger partial charge in [-0.05, 0) is 52.3 Å². The van der Waals surface area contributed by atoms with E-state index in [1.165, 1.54) is 0 Å². The highest BCUT2D eigenvalue weighted by molar-refractivity contribution is 6.62. The average Bonchev–Trinajstić information content (AvgIpc) is 2.76. The Labute approximate surface area is 145 Å². The van der Waals surface area contributed by atoms with Crippen LogP contribution in [0.3, 0.4) is 0 Å². The van der Waals surface area contributed by atoms with E-state index in [0.717, 1.165) is 37.2 Å². The number of piperazine rings is 1. The molecule has 2 aliphatic rings. The van der Waals surface area contributed by atoms with Crippen LogP contribution in [0, 0.1) is 0 Å². The number of amides is 1. The molecule has 24 heavy (non-hydrogen) atoms. The van der Waals surface area contributed by atoms with E-state index in [-0.39, 0.29) is 24.2 Å². The third-order valence-corrected chi connectivity index (χ3v) is 5.47. The molecule has 0 atom stereocenters. The minimum atomic E-state index is -0.386. The fourth-order valence-electron chi connectivity index (χ4n) is 2.95. The first-order valence-electron chi connectivity index (χ1n) is 8.63. The number of benzene rings is 1. The maximum Gasteiger partial charge on any atom is 0.494 e. The molecule has 6 heteroatoms. The Morgan fingerprint density at radius 1 is 0.958 bits per heavy atom. The molecule has 1 amide bonds. The van der Waals surface area contributed by atoms with Gasteiger partial charge in [0, 0.05) is 31.7 Å². The predicted molar refractivity (Wildman–Crippen MR) is 95.6 cm³/mol. The Bertz CT molecular complexity index is 591. The molecule has 2 fully saturated rings. The van der Waals surface area contributed by atoms with Gasteiger partial charge in [0.2, 0.25) is 0 Å². The molecule has 0 spiro atoms. The van der Waals surface area contributed by atoms with Gasteiger partial charge in [0.1, 0.15) is 0 Å². The summed E-state index contributed by atoms with van der Waals surface area (Å²) in [5, 5.41) is 0. The van der Waals surface area contributed by atoms with Crippen molar-refractivity contribution < 1.29 is 14.1 Å². The topological polar surface area (TPSA) is 42.0 Å². The van der Waals surface area contributed by atoms with Crippen LogP contribution < -0.4 is 5.46 Å². The first-order chi connectivity index (χ1) is 11.2. The lowest BCUT2D eigenvalue weighted by atomic mass is 9.79. The summed E-state index contributed by atoms with van der Waals surface area (Å²) in [5.41, 5.74) is 0.959. The Hall–Kier alpha value is -1.37. The van der Waals surface area contributed by atoms with Crippen molar-refractivity contribution in [1.82, 2.24) is 9.80 Å². The second kappa shape index (κ2) is 6.17. The molecule has 2 saturated heterocycles. The van der Waals surface area contributed by atoms with Crippen LogP contribution in [0.5, 0.6) is 0 Å². The lowest BCUT2D eigenvalue weighted by Crippen LogP contribution is -2.47. The standard InChI is InChI=1S/C18H27BN2O3/c1-17(2)18(3,4)24-19(23-17)15-8-6-14(7-9-15)16(22)21-12-10-20(5)11-13-21/h6-9H,10-13H2,1-5H3/i1+1,2+1,3+1,4+1,17+1,18+1. The number of hydrogen-bond donors (Lipinski definition) is 0. The minimum Gasteiger partial charge on any atom is -0.399 e. The van der Waals surface area contributed by atoms with Crippen molar-refractivity contribution >= 4 is 18.5 Å². The molecular weight excluding hydrogens is 309 g/mol. The van der Waals surface area contributed by atoms with Crippen LogP contribution in [0.4, 0.5) is 0 Å². The summed E-state index contributed by atoms with van der Waals surface area (Å²) in [4.78, 5) is 16.8. The van der Waals surface area contributed by atoms with Crippen LogP contribution in [0.15, 0.2) is 24.3 Å². The third kappa shape index (κ3) is 3.23. The van der Waals surface area contributed by atoms with E-state index < -0.39 is 0 Å². The zero-order valence-corrected chi connectivity index (χ0v) is 15.3. The highest BCUT2D eigenvalue weighted by Crippen LogP contribution is 2.36. The highest BCUT2D eigenvalue weighted by Gasteiger charge is 2.51. The van der Waals surface area contributed by atoms with Gasteiger partial charge >= 0.3 is 7.12 Å². The van der Waals surface area contributed by atoms with Crippen molar-refractivity contribution in [2.24, 2.45) is 0 Å². The van der Waals surface area contributed by atoms with E-state index in [2.05, 4.69) is 11.9 Å². The van der Waals surface area contributed by atoms with Crippen LogP contribution in [0.2, 0.25) is 0 Å². The van der Waals surface area contributed by atoms with Gasteiger partial charge in [-0.15, -0.1) is 0 Å². The predicted octanol–water partition coefficient (Wildman–Crippen LogP) is 1.37. The number of carbonyl (C=O) groups is 1. The summed E-state index contributed by atoms with van der Waals surface area (Å²) in [5.74, 6) is 0.101. The van der Waals surface area contributed by atoms with Crippen LogP contribution in [0.1, 0.15) is 38.1 Å². The molecular formula is C18H27BN2O3. The molecule has 5 nitrogen and oxygen atoms in total. The highest BCUT2D eigenvalue weighted by atomic mass is 16.8. The van der Waals surface area contributed by atoms with Crippen molar-refractivity contribution in [3.8, 4) is 0 Å². The molecule has 1 aromatic rings. The first kappa shape index (κ1) is 17.5. The number of rotatable bonds is 2. The van der Waals surface area contributed by atoms with Gasteiger partial charge in [-0.1, -0.05) is 12.1 Å². The fraction of sp³-hybridized carbons (Fsp3) is 0.611. The van der Waals surface area contributed by atoms with Crippen molar-refractivity contribution in [1.29, 1.82) is 0 Å². The van der Waals surface area contributed by atoms with Gasteiger partial charge in [-0.2, -0.15) is 0 Å². The summed E-state index contributed by atoms with van der Waals surface area (Å²) >= 11 is 0. The van der Waals surface area contributed by atoms with E-state index in [1.54, 1.807) is 0 Å². The largest absolute Gasteiger partial charge is 0.494 e. The molecule has 0 radical (unpaired) electrons. The number of carbonyl (C=O) groups excluding carboxylic acids is 1. The minimum absolute atomic E-state index is 0.101. The number of nitrogens with zero attached hydrogens (tertiary/aromatic N) is 2. The van der Waals surface area contributed by atoms with Gasteiger partial charge in [0.15, 0.2) is 0 Å². The molecule has 0 aromatic heterocycles. The molecule has 2 aliphatic heterocycles. The van der Waals surface area contributed by atoms with Crippen molar-refractivity contribution in [3.63, 3.8) is 0 Å². The van der Waals surface area contributed by atoms with E-state index in [1.807, 2.05) is 56.9 Å². The molecule has 0 bridgehead atoms. The quantitative estimate of drug-likeness (QED) is 0.604. The van der Waals surface area contributed by atoms with Crippen molar-refractivity contribution in [3.05, 3.63) is 29.8 Å². The smallest absolute Gasteiger partial charge is 0.399 e. The maximum atomic E-state index is 12.6. The van der Waals surface area contributed by atoms with E-state index in [9.17, 15) is 4.79 Å². The number of likely N-dealkylation sites (N-methyl/N-ethyl adjacent to an activating group) is 1. The second-order valence-electron chi connectivity index (χ2n) is 7.81. The zero-order valence-electron chi connectivity index (χ0n) is 15.3. The van der Waals surface area contributed by atoms with E-state index in [0.29, 0.717) is 0 Å². The Morgan fingerprint density at radius 2 is 1.46 bits per heavy atom.